The van der Waals surface area contributed by atoms with Crippen LogP contribution in [-0.4, -0.2) is 29.6 Å². The molecular formula is C20H19BrF3NO2. The molecule has 2 aromatic rings. The van der Waals surface area contributed by atoms with Gasteiger partial charge in [-0.2, -0.15) is 13.2 Å². The molecule has 27 heavy (non-hydrogen) atoms. The molecule has 0 fully saturated rings. The summed E-state index contributed by atoms with van der Waals surface area (Å²) in [6.45, 7) is 2.08. The highest BCUT2D eigenvalue weighted by Crippen LogP contribution is 2.33. The van der Waals surface area contributed by atoms with E-state index in [1.54, 1.807) is 6.92 Å². The van der Waals surface area contributed by atoms with Crippen LogP contribution in [0.3, 0.4) is 0 Å². The molecule has 0 bridgehead atoms. The van der Waals surface area contributed by atoms with Gasteiger partial charge in [0.25, 0.3) is 0 Å². The van der Waals surface area contributed by atoms with E-state index >= 15 is 0 Å². The van der Waals surface area contributed by atoms with E-state index in [-0.39, 0.29) is 6.54 Å². The van der Waals surface area contributed by atoms with Crippen molar-refractivity contribution in [1.82, 2.24) is 4.90 Å². The second-order valence-corrected chi connectivity index (χ2v) is 7.48. The summed E-state index contributed by atoms with van der Waals surface area (Å²) in [7, 11) is 0. The Morgan fingerprint density at radius 2 is 1.93 bits per heavy atom. The highest BCUT2D eigenvalue weighted by Gasteiger charge is 2.44. The first-order valence-electron chi connectivity index (χ1n) is 8.61. The lowest BCUT2D eigenvalue weighted by molar-refractivity contribution is -0.187. The second kappa shape index (κ2) is 7.92. The molecule has 3 rings (SSSR count). The lowest BCUT2D eigenvalue weighted by Gasteiger charge is -2.27. The Balaban J connectivity index is 1.78. The van der Waals surface area contributed by atoms with Crippen molar-refractivity contribution in [3.63, 3.8) is 0 Å². The second-order valence-electron chi connectivity index (χ2n) is 6.63. The van der Waals surface area contributed by atoms with Crippen molar-refractivity contribution >= 4 is 21.8 Å². The number of carbonyl (C=O) groups excluding carboxylic acids is 1. The molecule has 0 aliphatic carbocycles. The quantitative estimate of drug-likeness (QED) is 0.677. The third kappa shape index (κ3) is 4.64. The van der Waals surface area contributed by atoms with Gasteiger partial charge in [-0.3, -0.25) is 4.79 Å². The number of hydrogen-bond donors (Lipinski definition) is 0. The maximum Gasteiger partial charge on any atom is 0.471 e. The topological polar surface area (TPSA) is 29.5 Å². The largest absolute Gasteiger partial charge is 0.488 e. The van der Waals surface area contributed by atoms with Crippen LogP contribution in [0.1, 0.15) is 23.6 Å². The van der Waals surface area contributed by atoms with Gasteiger partial charge in [0.1, 0.15) is 12.4 Å². The van der Waals surface area contributed by atoms with E-state index in [0.29, 0.717) is 25.2 Å². The molecule has 1 aliphatic heterocycles. The van der Waals surface area contributed by atoms with Crippen molar-refractivity contribution < 1.29 is 22.7 Å². The number of fused-ring (bicyclic) bond motifs is 1. The molecule has 1 unspecified atom stereocenters. The molecule has 0 saturated heterocycles. The molecule has 0 saturated carbocycles. The van der Waals surface area contributed by atoms with Crippen LogP contribution in [-0.2, 0) is 24.2 Å². The van der Waals surface area contributed by atoms with Crippen LogP contribution in [0.2, 0.25) is 0 Å². The Hall–Kier alpha value is -2.02. The first kappa shape index (κ1) is 19.7. The van der Waals surface area contributed by atoms with E-state index in [1.165, 1.54) is 0 Å². The fourth-order valence-corrected chi connectivity index (χ4v) is 3.76. The van der Waals surface area contributed by atoms with Crippen LogP contribution in [0.15, 0.2) is 46.9 Å². The molecule has 0 N–H and O–H groups in total. The lowest BCUT2D eigenvalue weighted by Crippen LogP contribution is -2.46. The predicted octanol–water partition coefficient (Wildman–Crippen LogP) is 4.91. The smallest absolute Gasteiger partial charge is 0.471 e. The maximum atomic E-state index is 12.8. The van der Waals surface area contributed by atoms with Crippen molar-refractivity contribution in [2.75, 3.05) is 6.54 Å². The van der Waals surface area contributed by atoms with E-state index in [1.807, 2.05) is 42.5 Å². The van der Waals surface area contributed by atoms with Crippen LogP contribution in [0.25, 0.3) is 0 Å². The Kier molecular flexibility index (Phi) is 5.79. The van der Waals surface area contributed by atoms with Gasteiger partial charge in [-0.1, -0.05) is 30.3 Å². The number of hydrogen-bond acceptors (Lipinski definition) is 2. The fraction of sp³-hybridized carbons (Fsp3) is 0.350. The van der Waals surface area contributed by atoms with Gasteiger partial charge in [0.15, 0.2) is 0 Å². The molecule has 1 heterocycles. The number of amides is 1. The molecule has 144 valence electrons. The van der Waals surface area contributed by atoms with Gasteiger partial charge in [0.2, 0.25) is 0 Å². The Labute approximate surface area is 164 Å². The van der Waals surface area contributed by atoms with E-state index in [2.05, 4.69) is 15.9 Å². The van der Waals surface area contributed by atoms with E-state index < -0.39 is 18.1 Å². The SMILES string of the molecule is CC1Cc2cc(Br)c(OCc3ccccc3)cc2CCN1C(=O)C(F)(F)F. The number of alkyl halides is 3. The number of halogens is 4. The van der Waals surface area contributed by atoms with E-state index in [9.17, 15) is 18.0 Å². The first-order valence-corrected chi connectivity index (χ1v) is 9.41. The van der Waals surface area contributed by atoms with Crippen LogP contribution in [0.4, 0.5) is 13.2 Å². The van der Waals surface area contributed by atoms with Gasteiger partial charge in [0.05, 0.1) is 4.47 Å². The van der Waals surface area contributed by atoms with E-state index in [4.69, 9.17) is 4.74 Å². The maximum absolute atomic E-state index is 12.8. The minimum atomic E-state index is -4.85. The standard InChI is InChI=1S/C20H19BrF3NO2/c1-13-9-16-10-17(21)18(27-12-14-5-3-2-4-6-14)11-15(16)7-8-25(13)19(26)20(22,23)24/h2-6,10-11,13H,7-9,12H2,1H3. The monoisotopic (exact) mass is 441 g/mol. The Morgan fingerprint density at radius 1 is 1.22 bits per heavy atom. The molecule has 0 radical (unpaired) electrons. The zero-order chi connectivity index (χ0) is 19.6. The van der Waals surface area contributed by atoms with Crippen molar-refractivity contribution in [1.29, 1.82) is 0 Å². The summed E-state index contributed by atoms with van der Waals surface area (Å²) in [5.41, 5.74) is 2.86. The number of carbonyl (C=O) groups is 1. The molecule has 3 nitrogen and oxygen atoms in total. The summed E-state index contributed by atoms with van der Waals surface area (Å²) in [6, 6.07) is 12.9. The van der Waals surface area contributed by atoms with Crippen molar-refractivity contribution in [2.45, 2.75) is 38.6 Å². The first-order chi connectivity index (χ1) is 12.8. The minimum absolute atomic E-state index is 0.0340. The van der Waals surface area contributed by atoms with Crippen molar-refractivity contribution in [2.24, 2.45) is 0 Å². The minimum Gasteiger partial charge on any atom is -0.488 e. The number of nitrogens with zero attached hydrogens (tertiary/aromatic N) is 1. The van der Waals surface area contributed by atoms with Gasteiger partial charge in [0, 0.05) is 12.6 Å². The molecule has 0 aromatic heterocycles. The Morgan fingerprint density at radius 3 is 2.59 bits per heavy atom. The highest BCUT2D eigenvalue weighted by atomic mass is 79.9. The van der Waals surface area contributed by atoms with Gasteiger partial charge < -0.3 is 9.64 Å². The van der Waals surface area contributed by atoms with Gasteiger partial charge in [-0.15, -0.1) is 0 Å². The molecule has 1 atom stereocenters. The van der Waals surface area contributed by atoms with Gasteiger partial charge in [-0.05, 0) is 64.5 Å². The average molecular weight is 442 g/mol. The number of rotatable bonds is 3. The van der Waals surface area contributed by atoms with Gasteiger partial charge >= 0.3 is 12.1 Å². The van der Waals surface area contributed by atoms with Crippen LogP contribution >= 0.6 is 15.9 Å². The normalized spacial score (nSPS) is 17.2. The molecule has 1 aliphatic rings. The number of ether oxygens (including phenoxy) is 1. The summed E-state index contributed by atoms with van der Waals surface area (Å²) < 4.78 is 45.1. The Bertz CT molecular complexity index is 824. The van der Waals surface area contributed by atoms with E-state index in [0.717, 1.165) is 26.1 Å². The predicted molar refractivity (Wildman–Crippen MR) is 99.6 cm³/mol. The molecule has 7 heteroatoms. The molecule has 2 aromatic carbocycles. The summed E-state index contributed by atoms with van der Waals surface area (Å²) in [5, 5.41) is 0. The average Bonchev–Trinajstić information content (AvgIpc) is 2.77. The lowest BCUT2D eigenvalue weighted by atomic mass is 10.0. The third-order valence-corrected chi connectivity index (χ3v) is 5.28. The van der Waals surface area contributed by atoms with Crippen LogP contribution < -0.4 is 4.74 Å². The molecular weight excluding hydrogens is 423 g/mol. The van der Waals surface area contributed by atoms with Crippen molar-refractivity contribution in [3.8, 4) is 5.75 Å². The summed E-state index contributed by atoms with van der Waals surface area (Å²) >= 11 is 3.48. The van der Waals surface area contributed by atoms with Crippen LogP contribution in [0, 0.1) is 0 Å². The number of benzene rings is 2. The summed E-state index contributed by atoms with van der Waals surface area (Å²) in [6.07, 6.45) is -4.12. The fourth-order valence-electron chi connectivity index (χ4n) is 3.26. The summed E-state index contributed by atoms with van der Waals surface area (Å²) in [5.74, 6) is -1.14. The molecule has 1 amide bonds. The zero-order valence-electron chi connectivity index (χ0n) is 14.7. The third-order valence-electron chi connectivity index (χ3n) is 4.66. The molecule has 0 spiro atoms. The van der Waals surface area contributed by atoms with Crippen molar-refractivity contribution in [3.05, 3.63) is 63.6 Å². The van der Waals surface area contributed by atoms with Gasteiger partial charge in [-0.25, -0.2) is 0 Å². The highest BCUT2D eigenvalue weighted by molar-refractivity contribution is 9.10. The summed E-state index contributed by atoms with van der Waals surface area (Å²) in [4.78, 5) is 12.6. The van der Waals surface area contributed by atoms with Crippen LogP contribution in [0.5, 0.6) is 5.75 Å². The zero-order valence-corrected chi connectivity index (χ0v) is 16.3.